The summed E-state index contributed by atoms with van der Waals surface area (Å²) in [5.74, 6) is -4.10. The van der Waals surface area contributed by atoms with Crippen LogP contribution in [0.25, 0.3) is 0 Å². The molecule has 7 nitrogen and oxygen atoms in total. The Bertz CT molecular complexity index is 537. The van der Waals surface area contributed by atoms with Gasteiger partial charge in [-0.1, -0.05) is 31.8 Å². The Morgan fingerprint density at radius 1 is 1.00 bits per heavy atom. The van der Waals surface area contributed by atoms with Crippen molar-refractivity contribution in [2.75, 3.05) is 21.3 Å². The van der Waals surface area contributed by atoms with Crippen LogP contribution in [0.2, 0.25) is 19.6 Å². The number of hydrogen-bond donors (Lipinski definition) is 0. The van der Waals surface area contributed by atoms with E-state index in [4.69, 9.17) is 18.9 Å². The molecule has 1 heterocycles. The van der Waals surface area contributed by atoms with Gasteiger partial charge in [-0.05, 0) is 6.92 Å². The second-order valence-electron chi connectivity index (χ2n) is 6.64. The van der Waals surface area contributed by atoms with Gasteiger partial charge in [-0.15, -0.1) is 0 Å². The second kappa shape index (κ2) is 7.48. The average Bonchev–Trinajstić information content (AvgIpc) is 2.88. The van der Waals surface area contributed by atoms with Crippen molar-refractivity contribution in [1.82, 2.24) is 0 Å². The Kier molecular flexibility index (Phi) is 6.35. The summed E-state index contributed by atoms with van der Waals surface area (Å²) >= 11 is 0. The summed E-state index contributed by atoms with van der Waals surface area (Å²) in [7, 11) is 1.17. The summed E-state index contributed by atoms with van der Waals surface area (Å²) in [5, 5.41) is -1.54. The average molecular weight is 358 g/mol. The van der Waals surface area contributed by atoms with E-state index in [2.05, 4.69) is 0 Å². The van der Waals surface area contributed by atoms with Gasteiger partial charge in [-0.3, -0.25) is 9.59 Å². The summed E-state index contributed by atoms with van der Waals surface area (Å²) in [6, 6.07) is 0. The lowest BCUT2D eigenvalue weighted by molar-refractivity contribution is -0.168. The minimum absolute atomic E-state index is 0.627. The molecule has 4 atom stereocenters. The highest BCUT2D eigenvalue weighted by Gasteiger charge is 2.70. The molecule has 24 heavy (non-hydrogen) atoms. The van der Waals surface area contributed by atoms with Gasteiger partial charge < -0.3 is 18.9 Å². The molecule has 0 radical (unpaired) electrons. The van der Waals surface area contributed by atoms with Crippen LogP contribution < -0.4 is 0 Å². The van der Waals surface area contributed by atoms with Gasteiger partial charge in [0.1, 0.15) is 11.8 Å². The van der Waals surface area contributed by atoms with Crippen LogP contribution in [0.15, 0.2) is 12.2 Å². The molecule has 1 aliphatic rings. The maximum absolute atomic E-state index is 12.7. The normalized spacial score (nSPS) is 30.2. The first-order chi connectivity index (χ1) is 11.1. The molecule has 136 valence electrons. The van der Waals surface area contributed by atoms with Crippen LogP contribution in [0.1, 0.15) is 6.92 Å². The fraction of sp³-hybridized carbons (Fsp3) is 0.688. The minimum Gasteiger partial charge on any atom is -0.469 e. The highest BCUT2D eigenvalue weighted by atomic mass is 28.3. The molecule has 1 fully saturated rings. The summed E-state index contributed by atoms with van der Waals surface area (Å²) in [4.78, 5) is 37.7. The van der Waals surface area contributed by atoms with Crippen LogP contribution in [-0.2, 0) is 33.3 Å². The fourth-order valence-electron chi connectivity index (χ4n) is 3.27. The van der Waals surface area contributed by atoms with Crippen LogP contribution in [0.4, 0.5) is 0 Å². The van der Waals surface area contributed by atoms with Crippen LogP contribution >= 0.6 is 0 Å². The molecule has 0 aromatic heterocycles. The van der Waals surface area contributed by atoms with Crippen molar-refractivity contribution in [2.45, 2.75) is 37.9 Å². The number of carbonyl (C=O) groups is 3. The maximum Gasteiger partial charge on any atom is 0.335 e. The lowest BCUT2D eigenvalue weighted by Gasteiger charge is -2.40. The van der Waals surface area contributed by atoms with Gasteiger partial charge in [0.05, 0.1) is 35.5 Å². The quantitative estimate of drug-likeness (QED) is 0.317. The second-order valence-corrected chi connectivity index (χ2v) is 11.9. The SMILES string of the molecule is C/C=C/[C@H]1O[C@@](C(=O)OC)([Si](C)(C)C)[C@H](C(=O)OC)[C@H]1C(=O)OC. The van der Waals surface area contributed by atoms with E-state index in [0.29, 0.717) is 0 Å². The largest absolute Gasteiger partial charge is 0.469 e. The Morgan fingerprint density at radius 2 is 1.54 bits per heavy atom. The predicted octanol–water partition coefficient (Wildman–Crippen LogP) is 1.33. The topological polar surface area (TPSA) is 88.1 Å². The molecule has 1 saturated heterocycles. The van der Waals surface area contributed by atoms with Crippen molar-refractivity contribution in [1.29, 1.82) is 0 Å². The molecule has 1 rings (SSSR count). The molecule has 0 N–H and O–H groups in total. The van der Waals surface area contributed by atoms with E-state index in [1.807, 2.05) is 19.6 Å². The zero-order chi connectivity index (χ0) is 18.7. The summed E-state index contributed by atoms with van der Waals surface area (Å²) < 4.78 is 20.8. The summed E-state index contributed by atoms with van der Waals surface area (Å²) in [6.45, 7) is 7.40. The van der Waals surface area contributed by atoms with Gasteiger partial charge in [0.15, 0.2) is 5.22 Å². The molecule has 0 aliphatic carbocycles. The highest BCUT2D eigenvalue weighted by molar-refractivity contribution is 6.82. The van der Waals surface area contributed by atoms with Crippen molar-refractivity contribution in [3.05, 3.63) is 12.2 Å². The van der Waals surface area contributed by atoms with E-state index < -0.39 is 49.1 Å². The molecule has 0 unspecified atom stereocenters. The monoisotopic (exact) mass is 358 g/mol. The summed E-state index contributed by atoms with van der Waals surface area (Å²) in [5.41, 5.74) is 0. The van der Waals surface area contributed by atoms with Crippen molar-refractivity contribution in [3.63, 3.8) is 0 Å². The van der Waals surface area contributed by atoms with E-state index in [0.717, 1.165) is 0 Å². The number of carbonyl (C=O) groups excluding carboxylic acids is 3. The fourth-order valence-corrected chi connectivity index (χ4v) is 5.71. The lowest BCUT2D eigenvalue weighted by atomic mass is 9.86. The predicted molar refractivity (Wildman–Crippen MR) is 88.8 cm³/mol. The van der Waals surface area contributed by atoms with Crippen molar-refractivity contribution >= 4 is 26.0 Å². The number of rotatable bonds is 5. The highest BCUT2D eigenvalue weighted by Crippen LogP contribution is 2.48. The van der Waals surface area contributed by atoms with E-state index >= 15 is 0 Å². The Morgan fingerprint density at radius 3 is 1.92 bits per heavy atom. The van der Waals surface area contributed by atoms with Crippen LogP contribution in [0, 0.1) is 11.8 Å². The van der Waals surface area contributed by atoms with Gasteiger partial charge in [0.25, 0.3) is 0 Å². The van der Waals surface area contributed by atoms with Crippen LogP contribution in [0.3, 0.4) is 0 Å². The van der Waals surface area contributed by atoms with E-state index in [1.165, 1.54) is 21.3 Å². The Labute approximate surface area is 143 Å². The number of esters is 3. The smallest absolute Gasteiger partial charge is 0.335 e. The van der Waals surface area contributed by atoms with E-state index in [9.17, 15) is 14.4 Å². The van der Waals surface area contributed by atoms with Crippen molar-refractivity contribution < 1.29 is 33.3 Å². The molecular weight excluding hydrogens is 332 g/mol. The first kappa shape index (κ1) is 20.4. The summed E-state index contributed by atoms with van der Waals surface area (Å²) in [6.07, 6.45) is 2.56. The third-order valence-electron chi connectivity index (χ3n) is 4.39. The first-order valence-corrected chi connectivity index (χ1v) is 11.2. The molecule has 1 aliphatic heterocycles. The molecule has 0 amide bonds. The molecule has 8 heteroatoms. The van der Waals surface area contributed by atoms with E-state index in [-0.39, 0.29) is 0 Å². The Hall–Kier alpha value is -1.67. The van der Waals surface area contributed by atoms with Crippen LogP contribution in [-0.4, -0.2) is 58.6 Å². The van der Waals surface area contributed by atoms with Crippen molar-refractivity contribution in [3.8, 4) is 0 Å². The third-order valence-corrected chi connectivity index (χ3v) is 7.25. The molecule has 0 aromatic rings. The molecule has 0 saturated carbocycles. The van der Waals surface area contributed by atoms with Gasteiger partial charge >= 0.3 is 17.9 Å². The number of hydrogen-bond acceptors (Lipinski definition) is 7. The van der Waals surface area contributed by atoms with E-state index in [1.54, 1.807) is 19.1 Å². The molecule has 0 spiro atoms. The van der Waals surface area contributed by atoms with Gasteiger partial charge in [-0.2, -0.15) is 0 Å². The first-order valence-electron chi connectivity index (χ1n) is 7.67. The number of ether oxygens (including phenoxy) is 4. The third kappa shape index (κ3) is 3.12. The minimum atomic E-state index is -2.51. The number of methoxy groups -OCH3 is 3. The molecular formula is C16H26O7Si. The molecule has 0 aromatic carbocycles. The van der Waals surface area contributed by atoms with Gasteiger partial charge in [0, 0.05) is 0 Å². The van der Waals surface area contributed by atoms with Crippen LogP contribution in [0.5, 0.6) is 0 Å². The van der Waals surface area contributed by atoms with Gasteiger partial charge in [-0.25, -0.2) is 4.79 Å². The number of allylic oxidation sites excluding steroid dienone is 1. The maximum atomic E-state index is 12.7. The molecule has 0 bridgehead atoms. The lowest BCUT2D eigenvalue weighted by Crippen LogP contribution is -2.64. The Balaban J connectivity index is 3.69. The zero-order valence-corrected chi connectivity index (χ0v) is 16.2. The van der Waals surface area contributed by atoms with Crippen molar-refractivity contribution in [2.24, 2.45) is 11.8 Å². The zero-order valence-electron chi connectivity index (χ0n) is 15.2. The van der Waals surface area contributed by atoms with Gasteiger partial charge in [0.2, 0.25) is 0 Å². The standard InChI is InChI=1S/C16H26O7Si/c1-8-9-10-11(13(17)20-2)12(14(18)21-3)16(23-10,15(19)22-4)24(5,6)7/h8-12H,1-7H3/b9-8+/t10-,11+,12+,16-/m1/s1.